The van der Waals surface area contributed by atoms with Crippen LogP contribution in [0.3, 0.4) is 0 Å². The highest BCUT2D eigenvalue weighted by Gasteiger charge is 2.44. The highest BCUT2D eigenvalue weighted by atomic mass is 15.2. The molecule has 1 saturated carbocycles. The Hall–Kier alpha value is -0.810. The summed E-state index contributed by atoms with van der Waals surface area (Å²) in [5.41, 5.74) is 2.53. The third-order valence-corrected chi connectivity index (χ3v) is 4.19. The molecule has 2 atom stereocenters. The number of rotatable bonds is 0. The maximum Gasteiger partial charge on any atom is 0.0943 e. The molecule has 0 radical (unpaired) electrons. The van der Waals surface area contributed by atoms with E-state index in [1.165, 1.54) is 38.0 Å². The number of hydrogen-bond donors (Lipinski definition) is 0. The number of piperidine rings is 3. The van der Waals surface area contributed by atoms with E-state index in [1.807, 2.05) is 6.92 Å². The monoisotopic (exact) mass is 188 g/mol. The van der Waals surface area contributed by atoms with Crippen LogP contribution in [0, 0.1) is 29.1 Å². The molecule has 0 aromatic heterocycles. The van der Waals surface area contributed by atoms with Crippen LogP contribution < -0.4 is 0 Å². The van der Waals surface area contributed by atoms with Crippen molar-refractivity contribution in [2.24, 2.45) is 17.8 Å². The highest BCUT2D eigenvalue weighted by Crippen LogP contribution is 2.47. The third kappa shape index (κ3) is 1.05. The summed E-state index contributed by atoms with van der Waals surface area (Å²) >= 11 is 0. The zero-order chi connectivity index (χ0) is 9.71. The second-order valence-electron chi connectivity index (χ2n) is 5.14. The Morgan fingerprint density at radius 3 is 2.43 bits per heavy atom. The van der Waals surface area contributed by atoms with Crippen LogP contribution in [0.4, 0.5) is 0 Å². The molecule has 2 nitrogen and oxygen atoms in total. The standard InChI is InChI=1S/C12H16N2/c1-8(4-13)12-10-2-9-3-11(12)7-14(5-9)6-10/h9-11H,2-3,5-7H2,1H3. The molecule has 0 N–H and O–H groups in total. The van der Waals surface area contributed by atoms with Crippen LogP contribution in [0.2, 0.25) is 0 Å². The van der Waals surface area contributed by atoms with Crippen LogP contribution in [0.1, 0.15) is 19.8 Å². The van der Waals surface area contributed by atoms with Crippen molar-refractivity contribution in [3.63, 3.8) is 0 Å². The molecular weight excluding hydrogens is 172 g/mol. The van der Waals surface area contributed by atoms with Crippen LogP contribution in [0.15, 0.2) is 11.1 Å². The predicted molar refractivity (Wildman–Crippen MR) is 54.5 cm³/mol. The van der Waals surface area contributed by atoms with Gasteiger partial charge in [0.15, 0.2) is 0 Å². The van der Waals surface area contributed by atoms with Gasteiger partial charge in [-0.2, -0.15) is 5.26 Å². The summed E-state index contributed by atoms with van der Waals surface area (Å²) in [6.45, 7) is 5.78. The van der Waals surface area contributed by atoms with Gasteiger partial charge in [0.05, 0.1) is 6.07 Å². The molecule has 3 heterocycles. The summed E-state index contributed by atoms with van der Waals surface area (Å²) in [6.07, 6.45) is 2.70. The molecule has 3 aliphatic heterocycles. The van der Waals surface area contributed by atoms with E-state index in [-0.39, 0.29) is 0 Å². The lowest BCUT2D eigenvalue weighted by Crippen LogP contribution is -2.54. The number of nitriles is 1. The maximum absolute atomic E-state index is 9.00. The number of nitrogens with zero attached hydrogens (tertiary/aromatic N) is 2. The lowest BCUT2D eigenvalue weighted by atomic mass is 9.64. The van der Waals surface area contributed by atoms with Crippen molar-refractivity contribution in [3.8, 4) is 6.07 Å². The summed E-state index contributed by atoms with van der Waals surface area (Å²) in [5.74, 6) is 2.38. The first-order valence-electron chi connectivity index (χ1n) is 5.61. The van der Waals surface area contributed by atoms with Gasteiger partial charge in [0, 0.05) is 25.2 Å². The van der Waals surface area contributed by atoms with E-state index in [9.17, 15) is 0 Å². The molecule has 3 saturated heterocycles. The third-order valence-electron chi connectivity index (χ3n) is 4.19. The molecule has 0 aromatic carbocycles. The fraction of sp³-hybridized carbons (Fsp3) is 0.750. The van der Waals surface area contributed by atoms with Gasteiger partial charge in [0.2, 0.25) is 0 Å². The average Bonchev–Trinajstić information content (AvgIpc) is 2.15. The molecular formula is C12H16N2. The minimum absolute atomic E-state index is 0.723. The SMILES string of the molecule is CC(C#N)=C1C2CC3CC1CN(C3)C2. The highest BCUT2D eigenvalue weighted by molar-refractivity contribution is 5.33. The van der Waals surface area contributed by atoms with Crippen molar-refractivity contribution in [1.82, 2.24) is 4.90 Å². The van der Waals surface area contributed by atoms with Crippen molar-refractivity contribution >= 4 is 0 Å². The molecule has 2 heteroatoms. The zero-order valence-electron chi connectivity index (χ0n) is 8.66. The van der Waals surface area contributed by atoms with Crippen molar-refractivity contribution in [2.75, 3.05) is 19.6 Å². The quantitative estimate of drug-likeness (QED) is 0.542. The molecule has 4 rings (SSSR count). The first-order valence-corrected chi connectivity index (χ1v) is 5.61. The van der Waals surface area contributed by atoms with Crippen molar-refractivity contribution < 1.29 is 0 Å². The second kappa shape index (κ2) is 2.84. The lowest BCUT2D eigenvalue weighted by Gasteiger charge is -2.53. The normalized spacial score (nSPS) is 43.9. The summed E-state index contributed by atoms with van der Waals surface area (Å²) in [5, 5.41) is 9.00. The fourth-order valence-corrected chi connectivity index (χ4v) is 3.87. The smallest absolute Gasteiger partial charge is 0.0943 e. The molecule has 4 fully saturated rings. The zero-order valence-corrected chi connectivity index (χ0v) is 8.66. The number of hydrogen-bond acceptors (Lipinski definition) is 2. The molecule has 4 bridgehead atoms. The van der Waals surface area contributed by atoms with Crippen LogP contribution in [0.5, 0.6) is 0 Å². The number of allylic oxidation sites excluding steroid dienone is 1. The molecule has 4 aliphatic rings. The van der Waals surface area contributed by atoms with Gasteiger partial charge in [-0.1, -0.05) is 0 Å². The van der Waals surface area contributed by atoms with Crippen molar-refractivity contribution in [2.45, 2.75) is 19.8 Å². The Balaban J connectivity index is 2.00. The Bertz CT molecular complexity index is 305. The Kier molecular flexibility index (Phi) is 1.72. The van der Waals surface area contributed by atoms with Crippen LogP contribution >= 0.6 is 0 Å². The van der Waals surface area contributed by atoms with E-state index in [2.05, 4.69) is 11.0 Å². The van der Waals surface area contributed by atoms with Gasteiger partial charge in [0.1, 0.15) is 0 Å². The molecule has 2 unspecified atom stereocenters. The predicted octanol–water partition coefficient (Wildman–Crippen LogP) is 1.80. The van der Waals surface area contributed by atoms with Gasteiger partial charge < -0.3 is 4.90 Å². The topological polar surface area (TPSA) is 27.0 Å². The first kappa shape index (κ1) is 8.49. The first-order chi connectivity index (χ1) is 6.78. The minimum atomic E-state index is 0.723. The van der Waals surface area contributed by atoms with Crippen molar-refractivity contribution in [1.29, 1.82) is 5.26 Å². The summed E-state index contributed by atoms with van der Waals surface area (Å²) in [7, 11) is 0. The van der Waals surface area contributed by atoms with Gasteiger partial charge in [-0.05, 0) is 43.1 Å². The van der Waals surface area contributed by atoms with Crippen molar-refractivity contribution in [3.05, 3.63) is 11.1 Å². The molecule has 14 heavy (non-hydrogen) atoms. The molecule has 74 valence electrons. The minimum Gasteiger partial charge on any atom is -0.302 e. The van der Waals surface area contributed by atoms with E-state index in [0.717, 1.165) is 23.3 Å². The van der Waals surface area contributed by atoms with E-state index in [4.69, 9.17) is 5.26 Å². The van der Waals surface area contributed by atoms with E-state index >= 15 is 0 Å². The summed E-state index contributed by atoms with van der Waals surface area (Å²) in [4.78, 5) is 2.60. The second-order valence-corrected chi connectivity index (χ2v) is 5.14. The lowest BCUT2D eigenvalue weighted by molar-refractivity contribution is 0.0242. The molecule has 0 aromatic rings. The largest absolute Gasteiger partial charge is 0.302 e. The van der Waals surface area contributed by atoms with Gasteiger partial charge in [0.25, 0.3) is 0 Å². The van der Waals surface area contributed by atoms with Crippen LogP contribution in [-0.4, -0.2) is 24.5 Å². The fourth-order valence-electron chi connectivity index (χ4n) is 3.87. The molecule has 0 amide bonds. The van der Waals surface area contributed by atoms with Gasteiger partial charge in [-0.15, -0.1) is 0 Å². The Morgan fingerprint density at radius 1 is 1.29 bits per heavy atom. The molecule has 0 spiro atoms. The van der Waals surface area contributed by atoms with E-state index < -0.39 is 0 Å². The van der Waals surface area contributed by atoms with E-state index in [1.54, 1.807) is 0 Å². The average molecular weight is 188 g/mol. The maximum atomic E-state index is 9.00. The van der Waals surface area contributed by atoms with Crippen LogP contribution in [0.25, 0.3) is 0 Å². The Morgan fingerprint density at radius 2 is 1.93 bits per heavy atom. The Labute approximate surface area is 85.2 Å². The van der Waals surface area contributed by atoms with Crippen LogP contribution in [-0.2, 0) is 0 Å². The molecule has 1 aliphatic carbocycles. The van der Waals surface area contributed by atoms with Gasteiger partial charge >= 0.3 is 0 Å². The van der Waals surface area contributed by atoms with Gasteiger partial charge in [-0.25, -0.2) is 0 Å². The summed E-state index contributed by atoms with van der Waals surface area (Å²) < 4.78 is 0. The summed E-state index contributed by atoms with van der Waals surface area (Å²) in [6, 6.07) is 2.35. The van der Waals surface area contributed by atoms with E-state index in [0.29, 0.717) is 0 Å². The van der Waals surface area contributed by atoms with Gasteiger partial charge in [-0.3, -0.25) is 0 Å².